The van der Waals surface area contributed by atoms with Crippen LogP contribution in [0.5, 0.6) is 17.2 Å². The third kappa shape index (κ3) is 4.64. The van der Waals surface area contributed by atoms with Gasteiger partial charge in [0.15, 0.2) is 11.5 Å². The quantitative estimate of drug-likeness (QED) is 0.816. The smallest absolute Gasteiger partial charge is 0.241 e. The van der Waals surface area contributed by atoms with E-state index in [0.717, 1.165) is 17.1 Å². The van der Waals surface area contributed by atoms with Crippen LogP contribution in [-0.4, -0.2) is 44.2 Å². The summed E-state index contributed by atoms with van der Waals surface area (Å²) in [7, 11) is 3.45. The fourth-order valence-corrected chi connectivity index (χ4v) is 3.06. The van der Waals surface area contributed by atoms with E-state index in [-0.39, 0.29) is 11.9 Å². The first-order valence-corrected chi connectivity index (χ1v) is 9.09. The Labute approximate surface area is 164 Å². The van der Waals surface area contributed by atoms with Crippen LogP contribution in [0.4, 0.5) is 5.69 Å². The van der Waals surface area contributed by atoms with E-state index in [0.29, 0.717) is 36.2 Å². The molecular formula is C20H23ClN2O4. The number of carbonyl (C=O) groups excluding carboxylic acids is 1. The number of halogens is 1. The molecule has 0 saturated carbocycles. The predicted molar refractivity (Wildman–Crippen MR) is 105 cm³/mol. The first-order chi connectivity index (χ1) is 13.0. The van der Waals surface area contributed by atoms with Crippen LogP contribution in [-0.2, 0) is 11.3 Å². The van der Waals surface area contributed by atoms with Gasteiger partial charge >= 0.3 is 0 Å². The highest BCUT2D eigenvalue weighted by atomic mass is 35.5. The molecule has 7 heteroatoms. The van der Waals surface area contributed by atoms with Crippen molar-refractivity contribution in [1.29, 1.82) is 0 Å². The van der Waals surface area contributed by atoms with Crippen LogP contribution >= 0.6 is 11.6 Å². The molecule has 1 heterocycles. The standard InChI is InChI=1S/C20H23ClN2O4/c1-13(20(24)22-15-5-7-17(25-3)16(21)11-15)23(2)12-14-4-6-18-19(10-14)27-9-8-26-18/h4-7,10-11,13H,8-9,12H2,1-3H3,(H,22,24)/t13-/m0/s1. The Hall–Kier alpha value is -2.44. The Morgan fingerprint density at radius 1 is 1.22 bits per heavy atom. The number of likely N-dealkylation sites (N-methyl/N-ethyl adjacent to an activating group) is 1. The van der Waals surface area contributed by atoms with Crippen LogP contribution in [0.3, 0.4) is 0 Å². The van der Waals surface area contributed by atoms with E-state index in [1.807, 2.05) is 37.1 Å². The summed E-state index contributed by atoms with van der Waals surface area (Å²) < 4.78 is 16.3. The number of nitrogens with zero attached hydrogens (tertiary/aromatic N) is 1. The van der Waals surface area contributed by atoms with E-state index >= 15 is 0 Å². The minimum Gasteiger partial charge on any atom is -0.495 e. The van der Waals surface area contributed by atoms with Gasteiger partial charge < -0.3 is 19.5 Å². The van der Waals surface area contributed by atoms with Gasteiger partial charge in [0.25, 0.3) is 0 Å². The third-order valence-electron chi connectivity index (χ3n) is 4.50. The minimum atomic E-state index is -0.334. The van der Waals surface area contributed by atoms with Gasteiger partial charge in [0.1, 0.15) is 19.0 Å². The Kier molecular flexibility index (Phi) is 6.08. The summed E-state index contributed by atoms with van der Waals surface area (Å²) >= 11 is 6.11. The largest absolute Gasteiger partial charge is 0.495 e. The maximum Gasteiger partial charge on any atom is 0.241 e. The average molecular weight is 391 g/mol. The third-order valence-corrected chi connectivity index (χ3v) is 4.79. The Morgan fingerprint density at radius 3 is 2.67 bits per heavy atom. The number of fused-ring (bicyclic) bond motifs is 1. The molecular weight excluding hydrogens is 368 g/mol. The fraction of sp³-hybridized carbons (Fsp3) is 0.350. The van der Waals surface area contributed by atoms with Crippen molar-refractivity contribution in [2.75, 3.05) is 32.7 Å². The van der Waals surface area contributed by atoms with Crippen molar-refractivity contribution < 1.29 is 19.0 Å². The number of hydrogen-bond donors (Lipinski definition) is 1. The molecule has 1 aliphatic rings. The number of benzene rings is 2. The molecule has 144 valence electrons. The summed E-state index contributed by atoms with van der Waals surface area (Å²) in [6, 6.07) is 10.7. The van der Waals surface area contributed by atoms with Crippen molar-refractivity contribution in [2.24, 2.45) is 0 Å². The van der Waals surface area contributed by atoms with Gasteiger partial charge in [-0.3, -0.25) is 9.69 Å². The number of amides is 1. The van der Waals surface area contributed by atoms with Gasteiger partial charge in [0.05, 0.1) is 18.2 Å². The van der Waals surface area contributed by atoms with Gasteiger partial charge in [0.2, 0.25) is 5.91 Å². The second-order valence-electron chi connectivity index (χ2n) is 6.41. The lowest BCUT2D eigenvalue weighted by Crippen LogP contribution is -2.39. The lowest BCUT2D eigenvalue weighted by Gasteiger charge is -2.25. The molecule has 1 aliphatic heterocycles. The maximum atomic E-state index is 12.6. The Morgan fingerprint density at radius 2 is 1.96 bits per heavy atom. The Bertz CT molecular complexity index is 828. The van der Waals surface area contributed by atoms with Gasteiger partial charge in [0, 0.05) is 12.2 Å². The van der Waals surface area contributed by atoms with Gasteiger partial charge in [-0.1, -0.05) is 17.7 Å². The predicted octanol–water partition coefficient (Wildman–Crippen LogP) is 3.58. The van der Waals surface area contributed by atoms with Crippen LogP contribution in [0.25, 0.3) is 0 Å². The molecule has 3 rings (SSSR count). The highest BCUT2D eigenvalue weighted by molar-refractivity contribution is 6.32. The minimum absolute atomic E-state index is 0.115. The summed E-state index contributed by atoms with van der Waals surface area (Å²) in [6.45, 7) is 3.58. The molecule has 0 aromatic heterocycles. The highest BCUT2D eigenvalue weighted by Crippen LogP contribution is 2.31. The molecule has 0 radical (unpaired) electrons. The van der Waals surface area contributed by atoms with Crippen LogP contribution in [0.1, 0.15) is 12.5 Å². The SMILES string of the molecule is COc1ccc(NC(=O)[C@H](C)N(C)Cc2ccc3c(c2)OCCO3)cc1Cl. The van der Waals surface area contributed by atoms with Crippen LogP contribution in [0, 0.1) is 0 Å². The van der Waals surface area contributed by atoms with Crippen molar-refractivity contribution in [3.63, 3.8) is 0 Å². The molecule has 1 N–H and O–H groups in total. The first kappa shape index (κ1) is 19.3. The van der Waals surface area contributed by atoms with E-state index in [1.165, 1.54) is 0 Å². The van der Waals surface area contributed by atoms with E-state index in [4.69, 9.17) is 25.8 Å². The van der Waals surface area contributed by atoms with Crippen molar-refractivity contribution in [1.82, 2.24) is 4.90 Å². The second-order valence-corrected chi connectivity index (χ2v) is 6.81. The molecule has 0 unspecified atom stereocenters. The molecule has 2 aromatic rings. The molecule has 0 bridgehead atoms. The van der Waals surface area contributed by atoms with Crippen LogP contribution < -0.4 is 19.5 Å². The number of rotatable bonds is 6. The first-order valence-electron chi connectivity index (χ1n) is 8.71. The fourth-order valence-electron chi connectivity index (χ4n) is 2.80. The summed E-state index contributed by atoms with van der Waals surface area (Å²) in [5, 5.41) is 3.34. The number of hydrogen-bond acceptors (Lipinski definition) is 5. The van der Waals surface area contributed by atoms with E-state index in [1.54, 1.807) is 25.3 Å². The number of carbonyl (C=O) groups is 1. The summed E-state index contributed by atoms with van der Waals surface area (Å²) in [6.07, 6.45) is 0. The number of methoxy groups -OCH3 is 1. The summed E-state index contributed by atoms with van der Waals surface area (Å²) in [5.74, 6) is 1.96. The zero-order chi connectivity index (χ0) is 19.4. The van der Waals surface area contributed by atoms with E-state index in [2.05, 4.69) is 5.32 Å². The number of nitrogens with one attached hydrogen (secondary N) is 1. The average Bonchev–Trinajstić information content (AvgIpc) is 2.67. The van der Waals surface area contributed by atoms with Gasteiger partial charge in [-0.2, -0.15) is 0 Å². The van der Waals surface area contributed by atoms with Crippen molar-refractivity contribution in [2.45, 2.75) is 19.5 Å². The van der Waals surface area contributed by atoms with Crippen molar-refractivity contribution >= 4 is 23.2 Å². The van der Waals surface area contributed by atoms with Gasteiger partial charge in [-0.05, 0) is 49.9 Å². The highest BCUT2D eigenvalue weighted by Gasteiger charge is 2.20. The van der Waals surface area contributed by atoms with Crippen LogP contribution in [0.15, 0.2) is 36.4 Å². The van der Waals surface area contributed by atoms with E-state index in [9.17, 15) is 4.79 Å². The molecule has 2 aromatic carbocycles. The van der Waals surface area contributed by atoms with Crippen LogP contribution in [0.2, 0.25) is 5.02 Å². The monoisotopic (exact) mass is 390 g/mol. The van der Waals surface area contributed by atoms with Gasteiger partial charge in [-0.25, -0.2) is 0 Å². The molecule has 6 nitrogen and oxygen atoms in total. The molecule has 1 atom stereocenters. The zero-order valence-electron chi connectivity index (χ0n) is 15.6. The van der Waals surface area contributed by atoms with Gasteiger partial charge in [-0.15, -0.1) is 0 Å². The summed E-state index contributed by atoms with van der Waals surface area (Å²) in [4.78, 5) is 14.5. The maximum absolute atomic E-state index is 12.6. The molecule has 0 saturated heterocycles. The lowest BCUT2D eigenvalue weighted by molar-refractivity contribution is -0.120. The molecule has 27 heavy (non-hydrogen) atoms. The van der Waals surface area contributed by atoms with Crippen molar-refractivity contribution in [3.8, 4) is 17.2 Å². The number of anilines is 1. The lowest BCUT2D eigenvalue weighted by atomic mass is 10.1. The topological polar surface area (TPSA) is 60.0 Å². The summed E-state index contributed by atoms with van der Waals surface area (Å²) in [5.41, 5.74) is 1.68. The molecule has 1 amide bonds. The normalized spacial score (nSPS) is 14.0. The molecule has 0 fully saturated rings. The number of ether oxygens (including phenoxy) is 3. The zero-order valence-corrected chi connectivity index (χ0v) is 16.4. The van der Waals surface area contributed by atoms with E-state index < -0.39 is 0 Å². The second kappa shape index (κ2) is 8.50. The Balaban J connectivity index is 1.61. The molecule has 0 aliphatic carbocycles. The van der Waals surface area contributed by atoms with Crippen molar-refractivity contribution in [3.05, 3.63) is 47.0 Å². The molecule has 0 spiro atoms.